The lowest BCUT2D eigenvalue weighted by Crippen LogP contribution is -2.60. The van der Waals surface area contributed by atoms with Crippen molar-refractivity contribution in [3.63, 3.8) is 0 Å². The van der Waals surface area contributed by atoms with Gasteiger partial charge in [0.15, 0.2) is 0 Å². The second kappa shape index (κ2) is 6.33. The summed E-state index contributed by atoms with van der Waals surface area (Å²) >= 11 is 0. The normalized spacial score (nSPS) is 16.9. The molecule has 110 valence electrons. The first-order valence-electron chi connectivity index (χ1n) is 7.25. The number of amides is 1. The van der Waals surface area contributed by atoms with E-state index >= 15 is 0 Å². The van der Waals surface area contributed by atoms with E-state index in [0.29, 0.717) is 6.54 Å². The van der Waals surface area contributed by atoms with Crippen molar-refractivity contribution in [2.75, 3.05) is 37.6 Å². The summed E-state index contributed by atoms with van der Waals surface area (Å²) in [5.74, 6) is 0.146. The number of hydrogen-bond acceptors (Lipinski definition) is 4. The molecule has 1 aliphatic heterocycles. The largest absolute Gasteiger partial charge is 0.314 e. The lowest BCUT2D eigenvalue weighted by molar-refractivity contribution is -0.129. The smallest absolute Gasteiger partial charge is 0.246 e. The Morgan fingerprint density at radius 1 is 1.35 bits per heavy atom. The predicted molar refractivity (Wildman–Crippen MR) is 80.8 cm³/mol. The first-order chi connectivity index (χ1) is 9.57. The summed E-state index contributed by atoms with van der Waals surface area (Å²) in [5.41, 5.74) is 0.428. The molecule has 1 amide bonds. The van der Waals surface area contributed by atoms with Crippen molar-refractivity contribution < 1.29 is 4.79 Å². The van der Waals surface area contributed by atoms with E-state index in [9.17, 15) is 4.79 Å². The van der Waals surface area contributed by atoms with Gasteiger partial charge in [-0.25, -0.2) is 0 Å². The van der Waals surface area contributed by atoms with E-state index in [1.165, 1.54) is 0 Å². The average Bonchev–Trinajstić information content (AvgIpc) is 2.50. The van der Waals surface area contributed by atoms with Crippen LogP contribution in [0, 0.1) is 0 Å². The molecule has 0 aliphatic carbocycles. The molecule has 0 bridgehead atoms. The Bertz CT molecular complexity index is 440. The fourth-order valence-electron chi connectivity index (χ4n) is 2.66. The van der Waals surface area contributed by atoms with Gasteiger partial charge >= 0.3 is 0 Å². The van der Waals surface area contributed by atoms with E-state index in [0.717, 1.165) is 31.9 Å². The van der Waals surface area contributed by atoms with Crippen molar-refractivity contribution in [3.05, 3.63) is 24.5 Å². The first kappa shape index (κ1) is 14.9. The van der Waals surface area contributed by atoms with Crippen LogP contribution in [-0.4, -0.2) is 54.1 Å². The first-order valence-corrected chi connectivity index (χ1v) is 7.25. The van der Waals surface area contributed by atoms with Crippen molar-refractivity contribution >= 4 is 11.6 Å². The van der Waals surface area contributed by atoms with E-state index in [-0.39, 0.29) is 5.91 Å². The highest BCUT2D eigenvalue weighted by molar-refractivity contribution is 5.99. The molecule has 0 atom stereocenters. The van der Waals surface area contributed by atoms with Gasteiger partial charge in [0, 0.05) is 50.8 Å². The fourth-order valence-corrected chi connectivity index (χ4v) is 2.66. The van der Waals surface area contributed by atoms with Crippen LogP contribution in [0.3, 0.4) is 0 Å². The van der Waals surface area contributed by atoms with Crippen LogP contribution in [0.4, 0.5) is 5.69 Å². The quantitative estimate of drug-likeness (QED) is 0.895. The summed E-state index contributed by atoms with van der Waals surface area (Å²) in [7, 11) is 0. The molecule has 0 radical (unpaired) electrons. The summed E-state index contributed by atoms with van der Waals surface area (Å²) in [6.45, 7) is 10.4. The van der Waals surface area contributed by atoms with Crippen molar-refractivity contribution in [3.8, 4) is 0 Å². The second-order valence-corrected chi connectivity index (χ2v) is 5.55. The summed E-state index contributed by atoms with van der Waals surface area (Å²) in [5, 5.41) is 3.33. The van der Waals surface area contributed by atoms with Crippen molar-refractivity contribution in [2.45, 2.75) is 26.3 Å². The molecule has 0 spiro atoms. The molecule has 1 N–H and O–H groups in total. The van der Waals surface area contributed by atoms with Crippen LogP contribution in [0.1, 0.15) is 20.8 Å². The third-order valence-corrected chi connectivity index (χ3v) is 3.97. The maximum Gasteiger partial charge on any atom is 0.246 e. The Morgan fingerprint density at radius 2 is 1.95 bits per heavy atom. The molecule has 1 aliphatic rings. The molecular formula is C15H24N4O. The number of carbonyl (C=O) groups is 1. The van der Waals surface area contributed by atoms with Crippen LogP contribution < -0.4 is 10.2 Å². The van der Waals surface area contributed by atoms with Crippen LogP contribution in [-0.2, 0) is 4.79 Å². The van der Waals surface area contributed by atoms with Gasteiger partial charge in [-0.1, -0.05) is 0 Å². The Labute approximate surface area is 121 Å². The van der Waals surface area contributed by atoms with Gasteiger partial charge in [-0.3, -0.25) is 14.7 Å². The monoisotopic (exact) mass is 276 g/mol. The van der Waals surface area contributed by atoms with Crippen LogP contribution in [0.15, 0.2) is 24.5 Å². The minimum absolute atomic E-state index is 0.146. The highest BCUT2D eigenvalue weighted by atomic mass is 16.2. The zero-order valence-electron chi connectivity index (χ0n) is 12.6. The summed E-state index contributed by atoms with van der Waals surface area (Å²) in [4.78, 5) is 21.1. The number of likely N-dealkylation sites (N-methyl/N-ethyl adjacent to an activating group) is 1. The topological polar surface area (TPSA) is 48.5 Å². The maximum atomic E-state index is 12.9. The van der Waals surface area contributed by atoms with Gasteiger partial charge in [0.2, 0.25) is 5.91 Å². The van der Waals surface area contributed by atoms with E-state index < -0.39 is 5.54 Å². The number of anilines is 1. The highest BCUT2D eigenvalue weighted by Crippen LogP contribution is 2.22. The number of nitrogens with one attached hydrogen (secondary N) is 1. The third kappa shape index (κ3) is 2.99. The predicted octanol–water partition coefficient (Wildman–Crippen LogP) is 1.12. The van der Waals surface area contributed by atoms with Crippen molar-refractivity contribution in [1.82, 2.24) is 15.2 Å². The number of aromatic nitrogens is 1. The van der Waals surface area contributed by atoms with Gasteiger partial charge in [0.05, 0.1) is 5.54 Å². The Balaban J connectivity index is 2.18. The lowest BCUT2D eigenvalue weighted by Gasteiger charge is -2.42. The molecule has 2 heterocycles. The number of hydrogen-bond donors (Lipinski definition) is 1. The van der Waals surface area contributed by atoms with Crippen LogP contribution in [0.25, 0.3) is 0 Å². The molecule has 0 aromatic carbocycles. The van der Waals surface area contributed by atoms with Crippen LogP contribution in [0.2, 0.25) is 0 Å². The summed E-state index contributed by atoms with van der Waals surface area (Å²) in [6.07, 6.45) is 3.45. The number of piperazine rings is 1. The van der Waals surface area contributed by atoms with E-state index in [4.69, 9.17) is 0 Å². The standard InChI is InChI=1S/C15H24N4O/c1-4-19(13-5-7-16-8-6-13)14(20)15(2,3)18-11-9-17-10-12-18/h5-8,17H,4,9-12H2,1-3H3. The molecule has 20 heavy (non-hydrogen) atoms. The van der Waals surface area contributed by atoms with Gasteiger partial charge in [-0.2, -0.15) is 0 Å². The number of nitrogens with zero attached hydrogens (tertiary/aromatic N) is 3. The van der Waals surface area contributed by atoms with Crippen LogP contribution in [0.5, 0.6) is 0 Å². The van der Waals surface area contributed by atoms with Crippen molar-refractivity contribution in [2.24, 2.45) is 0 Å². The zero-order chi connectivity index (χ0) is 14.6. The average molecular weight is 276 g/mol. The van der Waals surface area contributed by atoms with Gasteiger partial charge in [-0.05, 0) is 32.9 Å². The lowest BCUT2D eigenvalue weighted by atomic mass is 9.99. The molecule has 1 saturated heterocycles. The number of pyridine rings is 1. The van der Waals surface area contributed by atoms with Gasteiger partial charge in [0.25, 0.3) is 0 Å². The Kier molecular flexibility index (Phi) is 4.73. The second-order valence-electron chi connectivity index (χ2n) is 5.55. The SMILES string of the molecule is CCN(C(=O)C(C)(C)N1CCNCC1)c1ccncc1. The summed E-state index contributed by atoms with van der Waals surface area (Å²) in [6, 6.07) is 3.77. The minimum Gasteiger partial charge on any atom is -0.314 e. The van der Waals surface area contributed by atoms with Crippen molar-refractivity contribution in [1.29, 1.82) is 0 Å². The van der Waals surface area contributed by atoms with E-state index in [2.05, 4.69) is 15.2 Å². The Hall–Kier alpha value is -1.46. The highest BCUT2D eigenvalue weighted by Gasteiger charge is 2.38. The molecule has 2 rings (SSSR count). The molecule has 1 aromatic rings. The fraction of sp³-hybridized carbons (Fsp3) is 0.600. The minimum atomic E-state index is -0.485. The van der Waals surface area contributed by atoms with Gasteiger partial charge in [0.1, 0.15) is 0 Å². The van der Waals surface area contributed by atoms with Gasteiger partial charge in [-0.15, -0.1) is 0 Å². The number of carbonyl (C=O) groups excluding carboxylic acids is 1. The molecular weight excluding hydrogens is 252 g/mol. The molecule has 5 nitrogen and oxygen atoms in total. The van der Waals surface area contributed by atoms with Crippen LogP contribution >= 0.6 is 0 Å². The molecule has 1 fully saturated rings. The molecule has 5 heteroatoms. The van der Waals surface area contributed by atoms with E-state index in [1.807, 2.05) is 37.8 Å². The van der Waals surface area contributed by atoms with E-state index in [1.54, 1.807) is 12.4 Å². The van der Waals surface area contributed by atoms with Gasteiger partial charge < -0.3 is 10.2 Å². The summed E-state index contributed by atoms with van der Waals surface area (Å²) < 4.78 is 0. The molecule has 0 unspecified atom stereocenters. The Morgan fingerprint density at radius 3 is 2.50 bits per heavy atom. The maximum absolute atomic E-state index is 12.9. The molecule has 0 saturated carbocycles. The number of rotatable bonds is 4. The zero-order valence-corrected chi connectivity index (χ0v) is 12.6. The molecule has 1 aromatic heterocycles. The third-order valence-electron chi connectivity index (χ3n) is 3.97.